The first-order valence-corrected chi connectivity index (χ1v) is 5.41. The summed E-state index contributed by atoms with van der Waals surface area (Å²) in [6, 6.07) is 3.17. The number of anilines is 2. The first-order chi connectivity index (χ1) is 8.58. The normalized spacial score (nSPS) is 12.3. The van der Waals surface area contributed by atoms with Gasteiger partial charge in [0.05, 0.1) is 11.3 Å². The van der Waals surface area contributed by atoms with Crippen molar-refractivity contribution in [2.75, 3.05) is 18.2 Å². The molecule has 19 heavy (non-hydrogen) atoms. The Kier molecular flexibility index (Phi) is 4.09. The highest BCUT2D eigenvalue weighted by atomic mass is 19.4. The van der Waals surface area contributed by atoms with Gasteiger partial charge >= 0.3 is 6.18 Å². The van der Waals surface area contributed by atoms with Crippen molar-refractivity contribution in [3.63, 3.8) is 0 Å². The molecule has 0 radical (unpaired) electrons. The maximum absolute atomic E-state index is 12.8. The molecular weight excluding hydrogens is 261 g/mol. The van der Waals surface area contributed by atoms with E-state index in [0.29, 0.717) is 0 Å². The van der Waals surface area contributed by atoms with E-state index in [1.165, 1.54) is 27.0 Å². The minimum Gasteiger partial charge on any atom is -0.399 e. The molecule has 7 heteroatoms. The molecule has 3 N–H and O–H groups in total. The van der Waals surface area contributed by atoms with E-state index in [2.05, 4.69) is 5.32 Å². The molecule has 0 aliphatic carbocycles. The average Bonchev–Trinajstić information content (AvgIpc) is 2.30. The maximum Gasteiger partial charge on any atom is 0.418 e. The molecule has 0 fully saturated rings. The number of alkyl halides is 3. The summed E-state index contributed by atoms with van der Waals surface area (Å²) in [6.07, 6.45) is -4.60. The van der Waals surface area contributed by atoms with E-state index in [1.807, 2.05) is 0 Å². The highest BCUT2D eigenvalue weighted by Crippen LogP contribution is 2.36. The minimum atomic E-state index is -4.60. The summed E-state index contributed by atoms with van der Waals surface area (Å²) in [5.74, 6) is -0.676. The predicted molar refractivity (Wildman–Crippen MR) is 65.6 cm³/mol. The van der Waals surface area contributed by atoms with E-state index in [0.717, 1.165) is 12.1 Å². The standard InChI is InChI=1S/C12H15F3N2O2/c1-11(2,19-3)10(18)17-9-5-4-7(16)6-8(9)12(13,14)15/h4-6H,16H2,1-3H3,(H,17,18). The first kappa shape index (κ1) is 15.3. The van der Waals surface area contributed by atoms with Crippen molar-refractivity contribution in [2.24, 2.45) is 0 Å². The largest absolute Gasteiger partial charge is 0.418 e. The summed E-state index contributed by atoms with van der Waals surface area (Å²) in [5, 5.41) is 2.20. The molecule has 0 saturated carbocycles. The molecule has 0 spiro atoms. The van der Waals surface area contributed by atoms with Crippen molar-refractivity contribution in [2.45, 2.75) is 25.6 Å². The quantitative estimate of drug-likeness (QED) is 0.834. The number of nitrogens with one attached hydrogen (secondary N) is 1. The molecule has 0 aliphatic heterocycles. The fourth-order valence-corrected chi connectivity index (χ4v) is 1.27. The Morgan fingerprint density at radius 2 is 1.89 bits per heavy atom. The number of nitrogen functional groups attached to an aromatic ring is 1. The number of methoxy groups -OCH3 is 1. The molecule has 106 valence electrons. The molecule has 1 aromatic rings. The summed E-state index contributed by atoms with van der Waals surface area (Å²) < 4.78 is 43.4. The Hall–Kier alpha value is -1.76. The van der Waals surface area contributed by atoms with Crippen LogP contribution < -0.4 is 11.1 Å². The number of halogens is 3. The molecule has 0 heterocycles. The molecule has 4 nitrogen and oxygen atoms in total. The van der Waals surface area contributed by atoms with Crippen LogP contribution in [0.5, 0.6) is 0 Å². The van der Waals surface area contributed by atoms with Crippen LogP contribution in [0.3, 0.4) is 0 Å². The van der Waals surface area contributed by atoms with Gasteiger partial charge in [-0.2, -0.15) is 13.2 Å². The first-order valence-electron chi connectivity index (χ1n) is 5.41. The van der Waals surface area contributed by atoms with Crippen LogP contribution in [-0.4, -0.2) is 18.6 Å². The molecular formula is C12H15F3N2O2. The minimum absolute atomic E-state index is 0.0312. The Morgan fingerprint density at radius 3 is 2.37 bits per heavy atom. The van der Waals surface area contributed by atoms with Crippen molar-refractivity contribution in [1.82, 2.24) is 0 Å². The number of amides is 1. The van der Waals surface area contributed by atoms with Gasteiger partial charge in [0, 0.05) is 12.8 Å². The molecule has 1 rings (SSSR count). The summed E-state index contributed by atoms with van der Waals surface area (Å²) >= 11 is 0. The number of carbonyl (C=O) groups excluding carboxylic acids is 1. The lowest BCUT2D eigenvalue weighted by Gasteiger charge is -2.23. The van der Waals surface area contributed by atoms with E-state index in [9.17, 15) is 18.0 Å². The number of rotatable bonds is 3. The van der Waals surface area contributed by atoms with Crippen LogP contribution in [-0.2, 0) is 15.7 Å². The molecule has 0 unspecified atom stereocenters. The van der Waals surface area contributed by atoms with E-state index in [-0.39, 0.29) is 11.4 Å². The number of hydrogen-bond acceptors (Lipinski definition) is 3. The average molecular weight is 276 g/mol. The molecule has 0 bridgehead atoms. The summed E-state index contributed by atoms with van der Waals surface area (Å²) in [6.45, 7) is 2.90. The lowest BCUT2D eigenvalue weighted by Crippen LogP contribution is -2.39. The van der Waals surface area contributed by atoms with Crippen molar-refractivity contribution < 1.29 is 22.7 Å². The van der Waals surface area contributed by atoms with Gasteiger partial charge in [0.2, 0.25) is 0 Å². The van der Waals surface area contributed by atoms with Crippen molar-refractivity contribution in [1.29, 1.82) is 0 Å². The van der Waals surface area contributed by atoms with Gasteiger partial charge in [-0.3, -0.25) is 4.79 Å². The fraction of sp³-hybridized carbons (Fsp3) is 0.417. The van der Waals surface area contributed by atoms with E-state index in [4.69, 9.17) is 10.5 Å². The van der Waals surface area contributed by atoms with Crippen LogP contribution >= 0.6 is 0 Å². The van der Waals surface area contributed by atoms with Gasteiger partial charge < -0.3 is 15.8 Å². The van der Waals surface area contributed by atoms with Crippen LogP contribution in [0.4, 0.5) is 24.5 Å². The van der Waals surface area contributed by atoms with Gasteiger partial charge in [-0.05, 0) is 32.0 Å². The van der Waals surface area contributed by atoms with Gasteiger partial charge in [-0.25, -0.2) is 0 Å². The number of hydrogen-bond donors (Lipinski definition) is 2. The van der Waals surface area contributed by atoms with Gasteiger partial charge in [0.1, 0.15) is 5.60 Å². The van der Waals surface area contributed by atoms with Gasteiger partial charge in [0.25, 0.3) is 5.91 Å². The Morgan fingerprint density at radius 1 is 1.32 bits per heavy atom. The van der Waals surface area contributed by atoms with E-state index < -0.39 is 23.2 Å². The molecule has 0 aliphatic rings. The second-order valence-electron chi connectivity index (χ2n) is 4.47. The zero-order valence-corrected chi connectivity index (χ0v) is 10.8. The molecule has 1 aromatic carbocycles. The van der Waals surface area contributed by atoms with Gasteiger partial charge in [-0.15, -0.1) is 0 Å². The maximum atomic E-state index is 12.8. The topological polar surface area (TPSA) is 64.3 Å². The highest BCUT2D eigenvalue weighted by molar-refractivity contribution is 5.97. The Bertz CT molecular complexity index is 484. The number of ether oxygens (including phenoxy) is 1. The molecule has 0 aromatic heterocycles. The molecule has 0 saturated heterocycles. The number of benzene rings is 1. The van der Waals surface area contributed by atoms with Crippen LogP contribution in [0.25, 0.3) is 0 Å². The number of carbonyl (C=O) groups is 1. The SMILES string of the molecule is COC(C)(C)C(=O)Nc1ccc(N)cc1C(F)(F)F. The lowest BCUT2D eigenvalue weighted by atomic mass is 10.1. The van der Waals surface area contributed by atoms with Crippen LogP contribution in [0.2, 0.25) is 0 Å². The zero-order valence-electron chi connectivity index (χ0n) is 10.8. The van der Waals surface area contributed by atoms with E-state index >= 15 is 0 Å². The monoisotopic (exact) mass is 276 g/mol. The van der Waals surface area contributed by atoms with Crippen molar-refractivity contribution >= 4 is 17.3 Å². The fourth-order valence-electron chi connectivity index (χ4n) is 1.27. The predicted octanol–water partition coefficient (Wildman–Crippen LogP) is 2.65. The highest BCUT2D eigenvalue weighted by Gasteiger charge is 2.35. The molecule has 1 amide bonds. The van der Waals surface area contributed by atoms with Crippen LogP contribution in [0.1, 0.15) is 19.4 Å². The third-order valence-corrected chi connectivity index (χ3v) is 2.65. The van der Waals surface area contributed by atoms with Crippen LogP contribution in [0.15, 0.2) is 18.2 Å². The summed E-state index contributed by atoms with van der Waals surface area (Å²) in [4.78, 5) is 11.8. The van der Waals surface area contributed by atoms with Crippen molar-refractivity contribution in [3.05, 3.63) is 23.8 Å². The van der Waals surface area contributed by atoms with E-state index in [1.54, 1.807) is 0 Å². The second-order valence-corrected chi connectivity index (χ2v) is 4.47. The third kappa shape index (κ3) is 3.60. The third-order valence-electron chi connectivity index (χ3n) is 2.65. The van der Waals surface area contributed by atoms with Gasteiger partial charge in [0.15, 0.2) is 0 Å². The Labute approximate surface area is 108 Å². The Balaban J connectivity index is 3.12. The molecule has 0 atom stereocenters. The lowest BCUT2D eigenvalue weighted by molar-refractivity contribution is -0.137. The number of nitrogens with two attached hydrogens (primary N) is 1. The smallest absolute Gasteiger partial charge is 0.399 e. The van der Waals surface area contributed by atoms with Crippen molar-refractivity contribution in [3.8, 4) is 0 Å². The van der Waals surface area contributed by atoms with Gasteiger partial charge in [-0.1, -0.05) is 0 Å². The summed E-state index contributed by atoms with van der Waals surface area (Å²) in [7, 11) is 1.30. The summed E-state index contributed by atoms with van der Waals surface area (Å²) in [5.41, 5.74) is 2.72. The zero-order chi connectivity index (χ0) is 14.8. The second kappa shape index (κ2) is 5.08. The van der Waals surface area contributed by atoms with Crippen LogP contribution in [0, 0.1) is 0 Å².